The molecular weight excluding hydrogens is 456 g/mol. The Morgan fingerprint density at radius 2 is 2.19 bits per heavy atom. The summed E-state index contributed by atoms with van der Waals surface area (Å²) in [6.07, 6.45) is 4.97. The van der Waals surface area contributed by atoms with Crippen molar-refractivity contribution in [3.63, 3.8) is 0 Å². The number of hydrogen-bond donors (Lipinski definition) is 0. The molecule has 2 aromatic heterocycles. The first-order chi connectivity index (χ1) is 15.3. The number of benzene rings is 1. The van der Waals surface area contributed by atoms with Crippen molar-refractivity contribution >= 4 is 27.6 Å². The van der Waals surface area contributed by atoms with Crippen LogP contribution in [0.1, 0.15) is 36.0 Å². The number of ether oxygens (including phenoxy) is 1. The minimum atomic E-state index is -3.83. The fraction of sp³-hybridized carbons (Fsp3) is 0.333. The lowest BCUT2D eigenvalue weighted by Gasteiger charge is -2.30. The quantitative estimate of drug-likeness (QED) is 0.496. The molecule has 1 unspecified atom stereocenters. The smallest absolute Gasteiger partial charge is 0.338 e. The zero-order valence-electron chi connectivity index (χ0n) is 17.3. The number of pyridine rings is 1. The zero-order valence-corrected chi connectivity index (χ0v) is 18.8. The van der Waals surface area contributed by atoms with Gasteiger partial charge in [-0.15, -0.1) is 0 Å². The molecule has 0 bridgehead atoms. The lowest BCUT2D eigenvalue weighted by molar-refractivity contribution is 0.0429. The first-order valence-electron chi connectivity index (χ1n) is 10.0. The summed E-state index contributed by atoms with van der Waals surface area (Å²) in [5.41, 5.74) is 0.721. The van der Waals surface area contributed by atoms with Gasteiger partial charge in [-0.2, -0.15) is 9.29 Å². The highest BCUT2D eigenvalue weighted by atomic mass is 35.5. The maximum atomic E-state index is 13.1. The lowest BCUT2D eigenvalue weighted by Crippen LogP contribution is -2.39. The third kappa shape index (κ3) is 4.82. The number of carbonyl (C=O) groups is 1. The Labute approximate surface area is 190 Å². The summed E-state index contributed by atoms with van der Waals surface area (Å²) in [4.78, 5) is 20.6. The molecule has 0 radical (unpaired) electrons. The van der Waals surface area contributed by atoms with Gasteiger partial charge in [0.15, 0.2) is 6.61 Å². The van der Waals surface area contributed by atoms with Crippen LogP contribution in [0.3, 0.4) is 0 Å². The molecule has 0 spiro atoms. The second-order valence-corrected chi connectivity index (χ2v) is 9.90. The van der Waals surface area contributed by atoms with Crippen molar-refractivity contribution in [3.05, 3.63) is 59.2 Å². The first-order valence-corrected chi connectivity index (χ1v) is 11.9. The van der Waals surface area contributed by atoms with Crippen molar-refractivity contribution in [1.82, 2.24) is 19.4 Å². The molecule has 1 aliphatic rings. The topological polar surface area (TPSA) is 115 Å². The number of piperidine rings is 1. The van der Waals surface area contributed by atoms with Gasteiger partial charge in [0.1, 0.15) is 4.90 Å². The van der Waals surface area contributed by atoms with Gasteiger partial charge in [-0.1, -0.05) is 23.7 Å². The molecule has 1 aliphatic heterocycles. The van der Waals surface area contributed by atoms with Gasteiger partial charge in [-0.3, -0.25) is 4.98 Å². The highest BCUT2D eigenvalue weighted by Crippen LogP contribution is 2.29. The van der Waals surface area contributed by atoms with Gasteiger partial charge >= 0.3 is 5.97 Å². The molecule has 1 saturated heterocycles. The Balaban J connectivity index is 1.47. The van der Waals surface area contributed by atoms with Crippen LogP contribution in [0.4, 0.5) is 0 Å². The van der Waals surface area contributed by atoms with E-state index in [1.54, 1.807) is 24.5 Å². The molecule has 4 rings (SSSR count). The predicted octanol–water partition coefficient (Wildman–Crippen LogP) is 3.56. The average Bonchev–Trinajstić information content (AvgIpc) is 3.27. The van der Waals surface area contributed by atoms with Crippen LogP contribution >= 0.6 is 11.6 Å². The molecule has 1 fully saturated rings. The van der Waals surface area contributed by atoms with E-state index in [2.05, 4.69) is 15.1 Å². The SMILES string of the molecule is CC1CCCN(S(=O)(=O)c2cc(C(=O)OCc3nc(-c4cccnc4)no3)ccc2Cl)C1. The average molecular weight is 477 g/mol. The van der Waals surface area contributed by atoms with E-state index in [0.717, 1.165) is 12.8 Å². The van der Waals surface area contributed by atoms with Crippen LogP contribution in [0.2, 0.25) is 5.02 Å². The zero-order chi connectivity index (χ0) is 22.7. The molecular formula is C21H21ClN4O5S. The number of aromatic nitrogens is 3. The third-order valence-electron chi connectivity index (χ3n) is 5.12. The summed E-state index contributed by atoms with van der Waals surface area (Å²) in [7, 11) is -3.83. The number of esters is 1. The van der Waals surface area contributed by atoms with Crippen LogP contribution in [-0.2, 0) is 21.4 Å². The van der Waals surface area contributed by atoms with E-state index in [1.807, 2.05) is 6.92 Å². The predicted molar refractivity (Wildman–Crippen MR) is 115 cm³/mol. The molecule has 1 atom stereocenters. The Morgan fingerprint density at radius 3 is 2.94 bits per heavy atom. The fourth-order valence-corrected chi connectivity index (χ4v) is 5.57. The van der Waals surface area contributed by atoms with Crippen LogP contribution < -0.4 is 0 Å². The highest BCUT2D eigenvalue weighted by molar-refractivity contribution is 7.89. The molecule has 0 N–H and O–H groups in total. The minimum Gasteiger partial charge on any atom is -0.452 e. The monoisotopic (exact) mass is 476 g/mol. The van der Waals surface area contributed by atoms with Gasteiger partial charge in [0, 0.05) is 31.0 Å². The van der Waals surface area contributed by atoms with Crippen molar-refractivity contribution in [2.24, 2.45) is 5.92 Å². The molecule has 32 heavy (non-hydrogen) atoms. The Morgan fingerprint density at radius 1 is 1.34 bits per heavy atom. The minimum absolute atomic E-state index is 0.0535. The maximum absolute atomic E-state index is 13.1. The van der Waals surface area contributed by atoms with E-state index in [9.17, 15) is 13.2 Å². The van der Waals surface area contributed by atoms with Gasteiger partial charge in [-0.05, 0) is 49.1 Å². The number of carbonyl (C=O) groups excluding carboxylic acids is 1. The number of hydrogen-bond acceptors (Lipinski definition) is 8. The molecule has 168 valence electrons. The van der Waals surface area contributed by atoms with Gasteiger partial charge in [-0.25, -0.2) is 13.2 Å². The van der Waals surface area contributed by atoms with Crippen molar-refractivity contribution in [3.8, 4) is 11.4 Å². The van der Waals surface area contributed by atoms with Crippen LogP contribution in [0.25, 0.3) is 11.4 Å². The van der Waals surface area contributed by atoms with Gasteiger partial charge in [0.05, 0.1) is 10.6 Å². The number of nitrogens with zero attached hydrogens (tertiary/aromatic N) is 4. The van der Waals surface area contributed by atoms with Crippen LogP contribution in [-0.4, -0.2) is 46.9 Å². The van der Waals surface area contributed by atoms with E-state index in [1.165, 1.54) is 22.5 Å². The van der Waals surface area contributed by atoms with Gasteiger partial charge in [0.25, 0.3) is 5.89 Å². The second kappa shape index (κ2) is 9.35. The molecule has 0 amide bonds. The van der Waals surface area contributed by atoms with E-state index in [4.69, 9.17) is 20.9 Å². The van der Waals surface area contributed by atoms with E-state index in [0.29, 0.717) is 24.5 Å². The summed E-state index contributed by atoms with van der Waals surface area (Å²) in [6, 6.07) is 7.55. The standard InChI is InChI=1S/C21H21ClN4O5S/c1-14-4-3-9-26(12-14)32(28,29)18-10-15(6-7-17(18)22)21(27)30-13-19-24-20(25-31-19)16-5-2-8-23-11-16/h2,5-8,10-11,14H,3-4,9,12-13H2,1H3. The van der Waals surface area contributed by atoms with Crippen LogP contribution in [0, 0.1) is 5.92 Å². The Bertz CT molecular complexity index is 1220. The second-order valence-electron chi connectivity index (χ2n) is 7.59. The van der Waals surface area contributed by atoms with E-state index in [-0.39, 0.29) is 33.9 Å². The number of halogens is 1. The Hall–Kier alpha value is -2.82. The maximum Gasteiger partial charge on any atom is 0.338 e. The molecule has 3 aromatic rings. The highest BCUT2D eigenvalue weighted by Gasteiger charge is 2.31. The third-order valence-corrected chi connectivity index (χ3v) is 7.47. The summed E-state index contributed by atoms with van der Waals surface area (Å²) in [5, 5.41) is 3.89. The number of sulfonamides is 1. The number of rotatable bonds is 6. The molecule has 11 heteroatoms. The lowest BCUT2D eigenvalue weighted by atomic mass is 10.0. The van der Waals surface area contributed by atoms with Crippen molar-refractivity contribution in [2.75, 3.05) is 13.1 Å². The van der Waals surface area contributed by atoms with Crippen LogP contribution in [0.5, 0.6) is 0 Å². The van der Waals surface area contributed by atoms with Crippen molar-refractivity contribution < 1.29 is 22.5 Å². The fourth-order valence-electron chi connectivity index (χ4n) is 3.47. The normalized spacial score (nSPS) is 17.2. The molecule has 1 aromatic carbocycles. The van der Waals surface area contributed by atoms with Gasteiger partial charge in [0.2, 0.25) is 15.8 Å². The summed E-state index contributed by atoms with van der Waals surface area (Å²) in [6.45, 7) is 2.59. The summed E-state index contributed by atoms with van der Waals surface area (Å²) in [5.74, 6) is -0.0521. The summed E-state index contributed by atoms with van der Waals surface area (Å²) < 4.78 is 37.9. The molecule has 0 aliphatic carbocycles. The van der Waals surface area contributed by atoms with E-state index < -0.39 is 16.0 Å². The molecule has 9 nitrogen and oxygen atoms in total. The van der Waals surface area contributed by atoms with Crippen molar-refractivity contribution in [2.45, 2.75) is 31.3 Å². The Kier molecular flexibility index (Phi) is 6.54. The molecule has 3 heterocycles. The first kappa shape index (κ1) is 22.4. The van der Waals surface area contributed by atoms with Crippen molar-refractivity contribution in [1.29, 1.82) is 0 Å². The largest absolute Gasteiger partial charge is 0.452 e. The van der Waals surface area contributed by atoms with Gasteiger partial charge < -0.3 is 9.26 Å². The molecule has 0 saturated carbocycles. The van der Waals surface area contributed by atoms with Crippen LogP contribution in [0.15, 0.2) is 52.1 Å². The summed E-state index contributed by atoms with van der Waals surface area (Å²) >= 11 is 6.18. The van der Waals surface area contributed by atoms with E-state index >= 15 is 0 Å².